The molecule has 0 fully saturated rings. The van der Waals surface area contributed by atoms with Gasteiger partial charge in [-0.1, -0.05) is 15.9 Å². The largest absolute Gasteiger partial charge is 0.398 e. The van der Waals surface area contributed by atoms with Crippen molar-refractivity contribution in [1.82, 2.24) is 0 Å². The molecule has 0 aliphatic rings. The summed E-state index contributed by atoms with van der Waals surface area (Å²) in [5, 5.41) is 3.90. The zero-order valence-electron chi connectivity index (χ0n) is 9.47. The molecule has 2 N–H and O–H groups in total. The van der Waals surface area contributed by atoms with E-state index in [-0.39, 0.29) is 16.3 Å². The molecule has 0 aliphatic carbocycles. The van der Waals surface area contributed by atoms with E-state index in [4.69, 9.17) is 5.73 Å². The van der Waals surface area contributed by atoms with Crippen LogP contribution < -0.4 is 5.73 Å². The molecule has 3 nitrogen and oxygen atoms in total. The summed E-state index contributed by atoms with van der Waals surface area (Å²) in [6.45, 7) is 0. The predicted octanol–water partition coefficient (Wildman–Crippen LogP) is 3.11. The molecule has 1 aromatic heterocycles. The van der Waals surface area contributed by atoms with E-state index >= 15 is 0 Å². The fourth-order valence-electron chi connectivity index (χ4n) is 1.60. The van der Waals surface area contributed by atoms with Crippen molar-refractivity contribution < 1.29 is 8.42 Å². The number of thiophene rings is 1. The highest BCUT2D eigenvalue weighted by Crippen LogP contribution is 2.24. The number of sulfone groups is 1. The van der Waals surface area contributed by atoms with Crippen LogP contribution in [0.3, 0.4) is 0 Å². The number of benzene rings is 1. The first-order valence-corrected chi connectivity index (χ1v) is 8.67. The molecule has 0 saturated carbocycles. The molecule has 18 heavy (non-hydrogen) atoms. The van der Waals surface area contributed by atoms with Crippen molar-refractivity contribution >= 4 is 42.8 Å². The molecule has 0 unspecified atom stereocenters. The van der Waals surface area contributed by atoms with Crippen molar-refractivity contribution in [2.45, 2.75) is 11.3 Å². The second-order valence-electron chi connectivity index (χ2n) is 3.88. The quantitative estimate of drug-likeness (QED) is 0.866. The van der Waals surface area contributed by atoms with Gasteiger partial charge >= 0.3 is 0 Å². The van der Waals surface area contributed by atoms with Crippen LogP contribution in [-0.4, -0.2) is 14.2 Å². The number of aryl methyl sites for hydroxylation is 1. The van der Waals surface area contributed by atoms with E-state index in [0.717, 1.165) is 10.0 Å². The first kappa shape index (κ1) is 13.6. The van der Waals surface area contributed by atoms with E-state index in [1.807, 2.05) is 16.8 Å². The molecule has 0 atom stereocenters. The lowest BCUT2D eigenvalue weighted by atomic mass is 10.3. The number of anilines is 1. The Kier molecular flexibility index (Phi) is 4.09. The molecule has 6 heteroatoms. The Hall–Kier alpha value is -0.850. The smallest absolute Gasteiger partial charge is 0.180 e. The fourth-order valence-corrected chi connectivity index (χ4v) is 4.10. The third-order valence-electron chi connectivity index (χ3n) is 2.55. The summed E-state index contributed by atoms with van der Waals surface area (Å²) in [4.78, 5) is 0.209. The first-order valence-electron chi connectivity index (χ1n) is 5.28. The second kappa shape index (κ2) is 5.42. The van der Waals surface area contributed by atoms with Gasteiger partial charge in [0.05, 0.1) is 16.3 Å². The van der Waals surface area contributed by atoms with Gasteiger partial charge in [0.1, 0.15) is 0 Å². The van der Waals surface area contributed by atoms with Crippen molar-refractivity contribution in [3.63, 3.8) is 0 Å². The van der Waals surface area contributed by atoms with Crippen LogP contribution in [0, 0.1) is 0 Å². The molecular formula is C12H12BrNO2S2. The lowest BCUT2D eigenvalue weighted by molar-refractivity contribution is 0.595. The standard InChI is InChI=1S/C12H12BrNO2S2/c13-10-1-2-12(11(14)7-10)18(15,16)6-4-9-3-5-17-8-9/h1-3,5,7-8H,4,6,14H2. The van der Waals surface area contributed by atoms with Crippen LogP contribution >= 0.6 is 27.3 Å². The molecule has 0 spiro atoms. The summed E-state index contributed by atoms with van der Waals surface area (Å²) in [6, 6.07) is 6.78. The SMILES string of the molecule is Nc1cc(Br)ccc1S(=O)(=O)CCc1ccsc1. The minimum absolute atomic E-state index is 0.0789. The summed E-state index contributed by atoms with van der Waals surface area (Å²) in [7, 11) is -3.32. The Bertz CT molecular complexity index is 636. The maximum atomic E-state index is 12.2. The van der Waals surface area contributed by atoms with E-state index in [1.54, 1.807) is 29.5 Å². The molecule has 96 valence electrons. The number of hydrogen-bond acceptors (Lipinski definition) is 4. The number of hydrogen-bond donors (Lipinski definition) is 1. The Morgan fingerprint density at radius 2 is 2.06 bits per heavy atom. The van der Waals surface area contributed by atoms with Crippen LogP contribution in [0.4, 0.5) is 5.69 Å². The molecule has 0 radical (unpaired) electrons. The van der Waals surface area contributed by atoms with Crippen LogP contribution in [0.15, 0.2) is 44.4 Å². The Labute approximate surface area is 119 Å². The Balaban J connectivity index is 2.20. The Morgan fingerprint density at radius 1 is 1.28 bits per heavy atom. The lowest BCUT2D eigenvalue weighted by Crippen LogP contribution is -2.11. The summed E-state index contributed by atoms with van der Waals surface area (Å²) in [6.07, 6.45) is 0.515. The number of nitrogens with two attached hydrogens (primary N) is 1. The molecular weight excluding hydrogens is 334 g/mol. The topological polar surface area (TPSA) is 60.2 Å². The first-order chi connectivity index (χ1) is 8.49. The minimum Gasteiger partial charge on any atom is -0.398 e. The fraction of sp³-hybridized carbons (Fsp3) is 0.167. The highest BCUT2D eigenvalue weighted by atomic mass is 79.9. The second-order valence-corrected chi connectivity index (χ2v) is 7.66. The molecule has 1 aromatic carbocycles. The van der Waals surface area contributed by atoms with Crippen molar-refractivity contribution in [3.05, 3.63) is 45.1 Å². The maximum absolute atomic E-state index is 12.2. The Morgan fingerprint density at radius 3 is 2.67 bits per heavy atom. The van der Waals surface area contributed by atoms with E-state index in [9.17, 15) is 8.42 Å². The van der Waals surface area contributed by atoms with Gasteiger partial charge < -0.3 is 5.73 Å². The van der Waals surface area contributed by atoms with Gasteiger partial charge in [0.15, 0.2) is 9.84 Å². The molecule has 0 aliphatic heterocycles. The summed E-state index contributed by atoms with van der Waals surface area (Å²) in [5.41, 5.74) is 7.08. The van der Waals surface area contributed by atoms with Crippen LogP contribution in [0.2, 0.25) is 0 Å². The van der Waals surface area contributed by atoms with Crippen LogP contribution in [0.25, 0.3) is 0 Å². The van der Waals surface area contributed by atoms with E-state index < -0.39 is 9.84 Å². The molecule has 0 amide bonds. The van der Waals surface area contributed by atoms with Gasteiger partial charge in [-0.15, -0.1) is 0 Å². The normalized spacial score (nSPS) is 11.6. The molecule has 0 bridgehead atoms. The van der Waals surface area contributed by atoms with Crippen LogP contribution in [-0.2, 0) is 16.3 Å². The maximum Gasteiger partial charge on any atom is 0.180 e. The van der Waals surface area contributed by atoms with Crippen molar-refractivity contribution in [1.29, 1.82) is 0 Å². The van der Waals surface area contributed by atoms with Gasteiger partial charge in [0.2, 0.25) is 0 Å². The summed E-state index contributed by atoms with van der Waals surface area (Å²) in [5.74, 6) is 0.0789. The number of rotatable bonds is 4. The van der Waals surface area contributed by atoms with Gasteiger partial charge in [-0.2, -0.15) is 11.3 Å². The van der Waals surface area contributed by atoms with Gasteiger partial charge in [0, 0.05) is 4.47 Å². The van der Waals surface area contributed by atoms with E-state index in [0.29, 0.717) is 6.42 Å². The molecule has 2 aromatic rings. The monoisotopic (exact) mass is 345 g/mol. The molecule has 2 rings (SSSR count). The van der Waals surface area contributed by atoms with E-state index in [2.05, 4.69) is 15.9 Å². The highest BCUT2D eigenvalue weighted by Gasteiger charge is 2.17. The highest BCUT2D eigenvalue weighted by molar-refractivity contribution is 9.10. The van der Waals surface area contributed by atoms with Crippen molar-refractivity contribution in [2.24, 2.45) is 0 Å². The third kappa shape index (κ3) is 3.13. The number of halogens is 1. The van der Waals surface area contributed by atoms with Gasteiger partial charge in [-0.3, -0.25) is 0 Å². The van der Waals surface area contributed by atoms with Gasteiger partial charge in [-0.25, -0.2) is 8.42 Å². The van der Waals surface area contributed by atoms with Gasteiger partial charge in [-0.05, 0) is 47.0 Å². The zero-order chi connectivity index (χ0) is 13.2. The lowest BCUT2D eigenvalue weighted by Gasteiger charge is -2.07. The van der Waals surface area contributed by atoms with Crippen molar-refractivity contribution in [2.75, 3.05) is 11.5 Å². The summed E-state index contributed by atoms with van der Waals surface area (Å²) >= 11 is 4.83. The van der Waals surface area contributed by atoms with Crippen molar-refractivity contribution in [3.8, 4) is 0 Å². The average Bonchev–Trinajstić information content (AvgIpc) is 2.78. The molecule has 1 heterocycles. The zero-order valence-corrected chi connectivity index (χ0v) is 12.7. The number of nitrogen functional groups attached to an aromatic ring is 1. The molecule has 0 saturated heterocycles. The average molecular weight is 346 g/mol. The van der Waals surface area contributed by atoms with Crippen LogP contribution in [0.1, 0.15) is 5.56 Å². The van der Waals surface area contributed by atoms with E-state index in [1.165, 1.54) is 0 Å². The van der Waals surface area contributed by atoms with Crippen LogP contribution in [0.5, 0.6) is 0 Å². The summed E-state index contributed by atoms with van der Waals surface area (Å²) < 4.78 is 25.1. The predicted molar refractivity (Wildman–Crippen MR) is 78.6 cm³/mol. The minimum atomic E-state index is -3.32. The van der Waals surface area contributed by atoms with Gasteiger partial charge in [0.25, 0.3) is 0 Å². The third-order valence-corrected chi connectivity index (χ3v) is 5.56.